The van der Waals surface area contributed by atoms with E-state index < -0.39 is 53.9 Å². The highest BCUT2D eigenvalue weighted by Crippen LogP contribution is 2.50. The van der Waals surface area contributed by atoms with Gasteiger partial charge in [-0.1, -0.05) is 12.1 Å². The van der Waals surface area contributed by atoms with Crippen LogP contribution in [0.25, 0.3) is 0 Å². The van der Waals surface area contributed by atoms with E-state index in [1.165, 1.54) is 40.9 Å². The van der Waals surface area contributed by atoms with Crippen molar-refractivity contribution >= 4 is 37.4 Å². The molecule has 3 rings (SSSR count). The van der Waals surface area contributed by atoms with Gasteiger partial charge in [-0.25, -0.2) is 9.36 Å². The zero-order valence-corrected chi connectivity index (χ0v) is 17.6. The molecule has 0 spiro atoms. The van der Waals surface area contributed by atoms with Crippen LogP contribution in [0.15, 0.2) is 24.3 Å². The van der Waals surface area contributed by atoms with Crippen molar-refractivity contribution < 1.29 is 43.8 Å². The van der Waals surface area contributed by atoms with Gasteiger partial charge in [-0.15, -0.1) is 11.8 Å². The molecular weight excluding hydrogens is 441 g/mol. The van der Waals surface area contributed by atoms with Gasteiger partial charge in [-0.2, -0.15) is 0 Å². The third-order valence-electron chi connectivity index (χ3n) is 4.51. The summed E-state index contributed by atoms with van der Waals surface area (Å²) in [5, 5.41) is 20.9. The predicted molar refractivity (Wildman–Crippen MR) is 105 cm³/mol. The lowest BCUT2D eigenvalue weighted by molar-refractivity contribution is -0.161. The number of hydrogen-bond acceptors (Lipinski definition) is 7. The Balaban J connectivity index is 0.000000575. The highest BCUT2D eigenvalue weighted by atomic mass is 32.2. The smallest absolute Gasteiger partial charge is 0.466 e. The number of carbonyl (C=O) groups is 3. The number of phenols is 1. The molecule has 0 aliphatic carbocycles. The van der Waals surface area contributed by atoms with Crippen molar-refractivity contribution in [3.05, 3.63) is 29.8 Å². The van der Waals surface area contributed by atoms with E-state index in [-0.39, 0.29) is 5.75 Å². The third kappa shape index (κ3) is 5.31. The Morgan fingerprint density at radius 1 is 1.23 bits per heavy atom. The fourth-order valence-electron chi connectivity index (χ4n) is 3.22. The Kier molecular flexibility index (Phi) is 6.86. The van der Waals surface area contributed by atoms with E-state index in [0.29, 0.717) is 5.56 Å². The molecule has 12 nitrogen and oxygen atoms in total. The topological polar surface area (TPSA) is 211 Å². The molecule has 0 unspecified atom stereocenters. The molecule has 4 atom stereocenters. The molecule has 166 valence electrons. The fraction of sp³-hybridized carbons (Fsp3) is 0.438. The Morgan fingerprint density at radius 3 is 2.20 bits per heavy atom. The summed E-state index contributed by atoms with van der Waals surface area (Å²) in [6, 6.07) is 3.21. The number of thioether (sulfide) groups is 1. The number of amides is 2. The average molecular weight is 463 g/mol. The molecular formula is C16H22N3O9PS. The minimum Gasteiger partial charge on any atom is -0.508 e. The lowest BCUT2D eigenvalue weighted by Gasteiger charge is -2.43. The molecule has 14 heteroatoms. The predicted octanol–water partition coefficient (Wildman–Crippen LogP) is -0.905. The molecule has 2 saturated heterocycles. The first-order valence-corrected chi connectivity index (χ1v) is 10.9. The number of phosphoric acid groups is 1. The fourth-order valence-corrected chi connectivity index (χ4v) is 4.85. The molecule has 8 N–H and O–H groups in total. The van der Waals surface area contributed by atoms with Crippen LogP contribution in [0.3, 0.4) is 0 Å². The number of hydrogen-bond donors (Lipinski definition) is 7. The second-order valence-electron chi connectivity index (χ2n) is 7.17. The number of nitrogens with two attached hydrogens (primary N) is 1. The number of β-lactam (4-membered cyclic amide) rings is 1. The summed E-state index contributed by atoms with van der Waals surface area (Å²) in [6.45, 7) is 3.53. The van der Waals surface area contributed by atoms with Crippen molar-refractivity contribution in [3.8, 4) is 5.75 Å². The third-order valence-corrected chi connectivity index (χ3v) is 6.08. The van der Waals surface area contributed by atoms with Gasteiger partial charge in [-0.05, 0) is 31.5 Å². The number of rotatable bonds is 4. The summed E-state index contributed by atoms with van der Waals surface area (Å²) in [7, 11) is -4.64. The summed E-state index contributed by atoms with van der Waals surface area (Å²) in [6.07, 6.45) is 0. The largest absolute Gasteiger partial charge is 0.508 e. The summed E-state index contributed by atoms with van der Waals surface area (Å²) in [5.41, 5.74) is 6.41. The molecule has 2 aliphatic rings. The van der Waals surface area contributed by atoms with Crippen molar-refractivity contribution in [2.75, 3.05) is 0 Å². The quantitative estimate of drug-likeness (QED) is 0.215. The van der Waals surface area contributed by atoms with Crippen molar-refractivity contribution in [3.63, 3.8) is 0 Å². The van der Waals surface area contributed by atoms with Gasteiger partial charge in [0.2, 0.25) is 11.8 Å². The maximum Gasteiger partial charge on any atom is 0.466 e. The first-order valence-electron chi connectivity index (χ1n) is 8.49. The number of carboxylic acids is 1. The van der Waals surface area contributed by atoms with Crippen LogP contribution >= 0.6 is 19.6 Å². The number of benzene rings is 1. The van der Waals surface area contributed by atoms with Gasteiger partial charge in [-0.3, -0.25) is 9.59 Å². The van der Waals surface area contributed by atoms with Crippen LogP contribution in [0.2, 0.25) is 0 Å². The standard InChI is InChI=1S/C16H19N3O5S.H3O4P/c1-16(2)11(15(23)24)19-13(22)10(14(19)25-16)18-12(21)9(17)7-3-5-8(20)6-4-7;1-5(2,3)4/h3-6,9-11,14,20H,17H2,1-2H3,(H,18,21)(H,23,24);(H3,1,2,3,4)/t9-,10-,11+,14-;/m1./s1. The first-order chi connectivity index (χ1) is 13.6. The highest BCUT2D eigenvalue weighted by molar-refractivity contribution is 8.01. The lowest BCUT2D eigenvalue weighted by Crippen LogP contribution is -2.71. The van der Waals surface area contributed by atoms with Gasteiger partial charge in [0, 0.05) is 4.75 Å². The van der Waals surface area contributed by atoms with E-state index >= 15 is 0 Å². The van der Waals surface area contributed by atoms with E-state index in [9.17, 15) is 24.6 Å². The van der Waals surface area contributed by atoms with E-state index in [1.54, 1.807) is 13.8 Å². The lowest BCUT2D eigenvalue weighted by atomic mass is 9.95. The number of carbonyl (C=O) groups excluding carboxylic acids is 2. The monoisotopic (exact) mass is 463 g/mol. The highest BCUT2D eigenvalue weighted by Gasteiger charge is 2.64. The van der Waals surface area contributed by atoms with Crippen molar-refractivity contribution in [1.82, 2.24) is 10.2 Å². The number of aliphatic carboxylic acids is 1. The molecule has 30 heavy (non-hydrogen) atoms. The van der Waals surface area contributed by atoms with Gasteiger partial charge in [0.1, 0.15) is 29.2 Å². The maximum atomic E-state index is 12.3. The molecule has 2 amide bonds. The Bertz CT molecular complexity index is 880. The van der Waals surface area contributed by atoms with Crippen LogP contribution in [0.4, 0.5) is 0 Å². The number of aromatic hydroxyl groups is 1. The minimum absolute atomic E-state index is 0.0606. The number of nitrogens with one attached hydrogen (secondary N) is 1. The molecule has 2 heterocycles. The zero-order valence-electron chi connectivity index (χ0n) is 15.9. The van der Waals surface area contributed by atoms with Crippen LogP contribution in [0.5, 0.6) is 5.75 Å². The van der Waals surface area contributed by atoms with E-state index in [1.807, 2.05) is 0 Å². The van der Waals surface area contributed by atoms with Gasteiger partial charge < -0.3 is 40.8 Å². The average Bonchev–Trinajstić information content (AvgIpc) is 2.86. The first kappa shape index (κ1) is 24.1. The van der Waals surface area contributed by atoms with Crippen LogP contribution in [-0.2, 0) is 18.9 Å². The molecule has 2 fully saturated rings. The maximum absolute atomic E-state index is 12.3. The van der Waals surface area contributed by atoms with Gasteiger partial charge >= 0.3 is 13.8 Å². The van der Waals surface area contributed by atoms with E-state index in [0.717, 1.165) is 0 Å². The van der Waals surface area contributed by atoms with Gasteiger partial charge in [0.15, 0.2) is 0 Å². The number of fused-ring (bicyclic) bond motifs is 1. The second-order valence-corrected chi connectivity index (χ2v) is 9.96. The molecule has 0 aromatic heterocycles. The Labute approximate surface area is 175 Å². The van der Waals surface area contributed by atoms with E-state index in [4.69, 9.17) is 25.0 Å². The zero-order chi connectivity index (χ0) is 23.0. The number of carboxylic acid groups (broad SMARTS) is 1. The Hall–Kier alpha value is -2.15. The molecule has 0 saturated carbocycles. The molecule has 0 radical (unpaired) electrons. The molecule has 0 bridgehead atoms. The number of nitrogens with zero attached hydrogens (tertiary/aromatic N) is 1. The summed E-state index contributed by atoms with van der Waals surface area (Å²) >= 11 is 1.35. The van der Waals surface area contributed by atoms with Crippen molar-refractivity contribution in [2.24, 2.45) is 5.73 Å². The van der Waals surface area contributed by atoms with E-state index in [2.05, 4.69) is 5.32 Å². The summed E-state index contributed by atoms with van der Waals surface area (Å²) in [5.74, 6) is -1.94. The van der Waals surface area contributed by atoms with Crippen LogP contribution < -0.4 is 11.1 Å². The molecule has 1 aromatic carbocycles. The van der Waals surface area contributed by atoms with Gasteiger partial charge in [0.05, 0.1) is 0 Å². The molecule has 1 aromatic rings. The normalized spacial score (nSPS) is 25.3. The minimum atomic E-state index is -4.64. The summed E-state index contributed by atoms with van der Waals surface area (Å²) < 4.78 is 8.23. The van der Waals surface area contributed by atoms with Crippen molar-refractivity contribution in [1.29, 1.82) is 0 Å². The van der Waals surface area contributed by atoms with Crippen LogP contribution in [0, 0.1) is 0 Å². The second kappa shape index (κ2) is 8.53. The number of phenolic OH excluding ortho intramolecular Hbond substituents is 1. The SMILES string of the molecule is CC1(C)S[C@@H]2[C@H](NC(=O)[C@H](N)c3ccc(O)cc3)C(=O)N2[C@H]1C(=O)O.O=P(O)(O)O. The van der Waals surface area contributed by atoms with Crippen LogP contribution in [-0.4, -0.2) is 69.8 Å². The Morgan fingerprint density at radius 2 is 1.73 bits per heavy atom. The molecule has 2 aliphatic heterocycles. The van der Waals surface area contributed by atoms with Crippen LogP contribution in [0.1, 0.15) is 25.5 Å². The van der Waals surface area contributed by atoms with Crippen molar-refractivity contribution in [2.45, 2.75) is 42.1 Å². The van der Waals surface area contributed by atoms with Gasteiger partial charge in [0.25, 0.3) is 0 Å². The summed E-state index contributed by atoms with van der Waals surface area (Å²) in [4.78, 5) is 59.0.